The van der Waals surface area contributed by atoms with Crippen molar-refractivity contribution in [1.29, 1.82) is 0 Å². The van der Waals surface area contributed by atoms with E-state index in [1.54, 1.807) is 5.38 Å². The number of aromatic nitrogens is 1. The molecule has 0 aliphatic heterocycles. The molecule has 1 aromatic heterocycles. The van der Waals surface area contributed by atoms with Crippen LogP contribution in [0.2, 0.25) is 0 Å². The topological polar surface area (TPSA) is 42.0 Å². The Morgan fingerprint density at radius 2 is 2.04 bits per heavy atom. The van der Waals surface area contributed by atoms with E-state index in [-0.39, 0.29) is 24.4 Å². The summed E-state index contributed by atoms with van der Waals surface area (Å²) in [6.07, 6.45) is -4.69. The Bertz CT molecular complexity index is 725. The Labute approximate surface area is 140 Å². The van der Waals surface area contributed by atoms with Gasteiger partial charge in [-0.2, -0.15) is 13.2 Å². The van der Waals surface area contributed by atoms with E-state index in [0.29, 0.717) is 11.8 Å². The molecule has 0 aliphatic carbocycles. The minimum absolute atomic E-state index is 0.00817. The van der Waals surface area contributed by atoms with Crippen molar-refractivity contribution >= 4 is 17.2 Å². The molecule has 2 aromatic rings. The number of carbonyl (C=O) groups is 1. The number of alkyl halides is 3. The van der Waals surface area contributed by atoms with Crippen molar-refractivity contribution in [2.75, 3.05) is 0 Å². The van der Waals surface area contributed by atoms with Gasteiger partial charge in [-0.05, 0) is 17.7 Å². The summed E-state index contributed by atoms with van der Waals surface area (Å²) in [5.41, 5.74) is -0.687. The third-order valence-electron chi connectivity index (χ3n) is 3.26. The van der Waals surface area contributed by atoms with Gasteiger partial charge in [-0.3, -0.25) is 4.79 Å². The summed E-state index contributed by atoms with van der Waals surface area (Å²) in [4.78, 5) is 16.2. The van der Waals surface area contributed by atoms with E-state index in [2.05, 4.69) is 10.3 Å². The van der Waals surface area contributed by atoms with Crippen molar-refractivity contribution in [3.63, 3.8) is 0 Å². The minimum atomic E-state index is -4.68. The maximum atomic E-state index is 13.0. The Morgan fingerprint density at radius 3 is 2.62 bits per heavy atom. The molecule has 0 spiro atoms. The lowest BCUT2D eigenvalue weighted by Gasteiger charge is -2.13. The zero-order valence-electron chi connectivity index (χ0n) is 13.1. The number of benzene rings is 1. The van der Waals surface area contributed by atoms with E-state index in [0.717, 1.165) is 17.1 Å². The number of halogens is 4. The lowest BCUT2D eigenvalue weighted by Crippen LogP contribution is -2.26. The summed E-state index contributed by atoms with van der Waals surface area (Å²) in [6, 6.07) is 2.39. The standard InChI is InChI=1S/C16H16F4N2OS/c1-9(2)15-22-12(8-24-15)6-14(23)21-7-10-3-4-11(17)5-13(10)16(18,19)20/h3-5,8-9H,6-7H2,1-2H3,(H,21,23). The van der Waals surface area contributed by atoms with Crippen molar-refractivity contribution in [3.05, 3.63) is 51.2 Å². The smallest absolute Gasteiger partial charge is 0.352 e. The highest BCUT2D eigenvalue weighted by Crippen LogP contribution is 2.32. The fourth-order valence-electron chi connectivity index (χ4n) is 2.06. The van der Waals surface area contributed by atoms with Gasteiger partial charge in [0.05, 0.1) is 22.7 Å². The minimum Gasteiger partial charge on any atom is -0.352 e. The molecular weight excluding hydrogens is 344 g/mol. The first kappa shape index (κ1) is 18.4. The van der Waals surface area contributed by atoms with Gasteiger partial charge in [0, 0.05) is 17.8 Å². The van der Waals surface area contributed by atoms with Crippen molar-refractivity contribution in [2.24, 2.45) is 0 Å². The highest BCUT2D eigenvalue weighted by atomic mass is 32.1. The monoisotopic (exact) mass is 360 g/mol. The molecule has 3 nitrogen and oxygen atoms in total. The summed E-state index contributed by atoms with van der Waals surface area (Å²) in [5.74, 6) is -1.16. The molecule has 130 valence electrons. The Kier molecular flexibility index (Phi) is 5.58. The van der Waals surface area contributed by atoms with Gasteiger partial charge in [-0.25, -0.2) is 9.37 Å². The average molecular weight is 360 g/mol. The predicted octanol–water partition coefficient (Wildman–Crippen LogP) is 4.28. The Balaban J connectivity index is 2.01. The van der Waals surface area contributed by atoms with E-state index in [9.17, 15) is 22.4 Å². The molecule has 0 radical (unpaired) electrons. The molecule has 1 aromatic carbocycles. The van der Waals surface area contributed by atoms with Gasteiger partial charge < -0.3 is 5.32 Å². The highest BCUT2D eigenvalue weighted by molar-refractivity contribution is 7.09. The molecular formula is C16H16F4N2OS. The van der Waals surface area contributed by atoms with Gasteiger partial charge in [0.2, 0.25) is 5.91 Å². The van der Waals surface area contributed by atoms with Crippen LogP contribution in [0, 0.1) is 5.82 Å². The summed E-state index contributed by atoms with van der Waals surface area (Å²) >= 11 is 1.44. The number of hydrogen-bond acceptors (Lipinski definition) is 3. The Hall–Kier alpha value is -1.96. The van der Waals surface area contributed by atoms with Gasteiger partial charge in [-0.15, -0.1) is 11.3 Å². The largest absolute Gasteiger partial charge is 0.416 e. The molecule has 24 heavy (non-hydrogen) atoms. The maximum absolute atomic E-state index is 13.0. The van der Waals surface area contributed by atoms with Crippen LogP contribution in [0.1, 0.15) is 41.6 Å². The lowest BCUT2D eigenvalue weighted by atomic mass is 10.1. The number of hydrogen-bond donors (Lipinski definition) is 1. The van der Waals surface area contributed by atoms with Gasteiger partial charge in [0.15, 0.2) is 0 Å². The van der Waals surface area contributed by atoms with Crippen LogP contribution in [0.25, 0.3) is 0 Å². The predicted molar refractivity (Wildman–Crippen MR) is 83.2 cm³/mol. The van der Waals surface area contributed by atoms with Crippen molar-refractivity contribution in [2.45, 2.75) is 38.9 Å². The Morgan fingerprint density at radius 1 is 1.33 bits per heavy atom. The van der Waals surface area contributed by atoms with Crippen LogP contribution in [0.5, 0.6) is 0 Å². The number of amides is 1. The summed E-state index contributed by atoms with van der Waals surface area (Å²) < 4.78 is 51.7. The molecule has 2 rings (SSSR count). The maximum Gasteiger partial charge on any atom is 0.416 e. The number of nitrogens with zero attached hydrogens (tertiary/aromatic N) is 1. The van der Waals surface area contributed by atoms with E-state index in [1.807, 2.05) is 13.8 Å². The zero-order chi connectivity index (χ0) is 17.9. The second-order valence-corrected chi connectivity index (χ2v) is 6.47. The van der Waals surface area contributed by atoms with Crippen LogP contribution in [-0.2, 0) is 23.9 Å². The molecule has 0 bridgehead atoms. The van der Waals surface area contributed by atoms with E-state index >= 15 is 0 Å². The van der Waals surface area contributed by atoms with Gasteiger partial charge in [0.1, 0.15) is 5.82 Å². The highest BCUT2D eigenvalue weighted by Gasteiger charge is 2.33. The zero-order valence-corrected chi connectivity index (χ0v) is 13.9. The van der Waals surface area contributed by atoms with Crippen molar-refractivity contribution in [1.82, 2.24) is 10.3 Å². The van der Waals surface area contributed by atoms with Crippen LogP contribution in [0.3, 0.4) is 0 Å². The summed E-state index contributed by atoms with van der Waals surface area (Å²) in [6.45, 7) is 3.64. The third-order valence-corrected chi connectivity index (χ3v) is 4.45. The van der Waals surface area contributed by atoms with Gasteiger partial charge in [-0.1, -0.05) is 19.9 Å². The molecule has 0 atom stereocenters. The number of nitrogens with one attached hydrogen (secondary N) is 1. The third kappa shape index (κ3) is 4.77. The van der Waals surface area contributed by atoms with Gasteiger partial charge >= 0.3 is 6.18 Å². The van der Waals surface area contributed by atoms with Gasteiger partial charge in [0.25, 0.3) is 0 Å². The van der Waals surface area contributed by atoms with Crippen LogP contribution >= 0.6 is 11.3 Å². The molecule has 0 saturated heterocycles. The van der Waals surface area contributed by atoms with Crippen LogP contribution < -0.4 is 5.32 Å². The first-order valence-electron chi connectivity index (χ1n) is 7.23. The second-order valence-electron chi connectivity index (χ2n) is 5.58. The van der Waals surface area contributed by atoms with Crippen molar-refractivity contribution < 1.29 is 22.4 Å². The lowest BCUT2D eigenvalue weighted by molar-refractivity contribution is -0.138. The fraction of sp³-hybridized carbons (Fsp3) is 0.375. The van der Waals surface area contributed by atoms with Crippen LogP contribution in [-0.4, -0.2) is 10.9 Å². The first-order chi connectivity index (χ1) is 11.2. The molecule has 1 N–H and O–H groups in total. The van der Waals surface area contributed by atoms with Crippen molar-refractivity contribution in [3.8, 4) is 0 Å². The molecule has 0 unspecified atom stereocenters. The SMILES string of the molecule is CC(C)c1nc(CC(=O)NCc2ccc(F)cc2C(F)(F)F)cs1. The second kappa shape index (κ2) is 7.29. The molecule has 0 fully saturated rings. The average Bonchev–Trinajstić information content (AvgIpc) is 2.93. The molecule has 1 amide bonds. The number of rotatable bonds is 5. The van der Waals surface area contributed by atoms with Crippen LogP contribution in [0.4, 0.5) is 17.6 Å². The van der Waals surface area contributed by atoms with Crippen LogP contribution in [0.15, 0.2) is 23.6 Å². The molecule has 0 saturated carbocycles. The number of carbonyl (C=O) groups excluding carboxylic acids is 1. The van der Waals surface area contributed by atoms with E-state index < -0.39 is 23.5 Å². The fourth-order valence-corrected chi connectivity index (χ4v) is 2.89. The normalized spacial score (nSPS) is 11.8. The van der Waals surface area contributed by atoms with E-state index in [4.69, 9.17) is 0 Å². The summed E-state index contributed by atoms with van der Waals surface area (Å²) in [5, 5.41) is 5.08. The molecule has 0 aliphatic rings. The number of thiazole rings is 1. The van der Waals surface area contributed by atoms with E-state index in [1.165, 1.54) is 11.3 Å². The molecule has 1 heterocycles. The summed E-state index contributed by atoms with van der Waals surface area (Å²) in [7, 11) is 0. The molecule has 8 heteroatoms. The first-order valence-corrected chi connectivity index (χ1v) is 8.11. The quantitative estimate of drug-likeness (QED) is 0.809.